The average molecular weight is 369 g/mol. The molecule has 0 radical (unpaired) electrons. The van der Waals surface area contributed by atoms with E-state index in [2.05, 4.69) is 15.6 Å². The van der Waals surface area contributed by atoms with Crippen molar-refractivity contribution in [2.75, 3.05) is 0 Å². The lowest BCUT2D eigenvalue weighted by Gasteiger charge is -2.28. The van der Waals surface area contributed by atoms with Gasteiger partial charge < -0.3 is 15.4 Å². The van der Waals surface area contributed by atoms with Crippen molar-refractivity contribution in [3.8, 4) is 11.6 Å². The van der Waals surface area contributed by atoms with E-state index in [-0.39, 0.29) is 11.7 Å². The molecule has 1 amide bonds. The normalized spacial score (nSPS) is 23.8. The highest BCUT2D eigenvalue weighted by Crippen LogP contribution is 2.32. The molecule has 0 spiro atoms. The van der Waals surface area contributed by atoms with Crippen LogP contribution in [0.15, 0.2) is 42.6 Å². The summed E-state index contributed by atoms with van der Waals surface area (Å²) in [6, 6.07) is 10.6. The Balaban J connectivity index is 1.23. The number of nitrogens with zero attached hydrogens (tertiary/aromatic N) is 1. The monoisotopic (exact) mass is 369 g/mol. The Morgan fingerprint density at radius 1 is 1.15 bits per heavy atom. The van der Waals surface area contributed by atoms with Gasteiger partial charge >= 0.3 is 0 Å². The molecule has 27 heavy (non-hydrogen) atoms. The predicted octanol–water partition coefficient (Wildman–Crippen LogP) is 3.55. The third-order valence-electron chi connectivity index (χ3n) is 5.37. The molecule has 1 unspecified atom stereocenters. The van der Waals surface area contributed by atoms with Gasteiger partial charge in [0.1, 0.15) is 11.6 Å². The van der Waals surface area contributed by atoms with E-state index in [0.29, 0.717) is 42.6 Å². The number of halogens is 1. The van der Waals surface area contributed by atoms with Gasteiger partial charge in [-0.2, -0.15) is 0 Å². The van der Waals surface area contributed by atoms with Gasteiger partial charge in [0.2, 0.25) is 11.8 Å². The Morgan fingerprint density at radius 3 is 2.56 bits per heavy atom. The van der Waals surface area contributed by atoms with Crippen LogP contribution in [0, 0.1) is 11.7 Å². The number of piperidine rings is 1. The molecule has 0 saturated carbocycles. The van der Waals surface area contributed by atoms with Gasteiger partial charge in [0.15, 0.2) is 0 Å². The predicted molar refractivity (Wildman–Crippen MR) is 99.8 cm³/mol. The van der Waals surface area contributed by atoms with Crippen LogP contribution >= 0.6 is 0 Å². The highest BCUT2D eigenvalue weighted by molar-refractivity contribution is 5.76. The summed E-state index contributed by atoms with van der Waals surface area (Å²) in [6.45, 7) is 0.459. The largest absolute Gasteiger partial charge is 0.439 e. The lowest BCUT2D eigenvalue weighted by molar-refractivity contribution is -0.122. The van der Waals surface area contributed by atoms with Gasteiger partial charge in [-0.3, -0.25) is 4.79 Å². The van der Waals surface area contributed by atoms with Crippen LogP contribution < -0.4 is 15.4 Å². The standard InChI is InChI=1S/C21H24FN3O2/c22-16-2-6-19(7-3-16)27-21-8-1-14(13-24-21)12-23-20(26)11-15-9-17-4-5-18(10-15)25-17/h1-3,6-8,13,15,17-18,25H,4-5,9-12H2,(H,23,26)/t15?,17-,18+. The van der Waals surface area contributed by atoms with Crippen molar-refractivity contribution in [3.63, 3.8) is 0 Å². The number of benzene rings is 1. The first-order valence-corrected chi connectivity index (χ1v) is 9.55. The summed E-state index contributed by atoms with van der Waals surface area (Å²) >= 11 is 0. The van der Waals surface area contributed by atoms with Gasteiger partial charge in [0.25, 0.3) is 0 Å². The van der Waals surface area contributed by atoms with Crippen LogP contribution in [0.2, 0.25) is 0 Å². The maximum Gasteiger partial charge on any atom is 0.220 e. The first-order valence-electron chi connectivity index (χ1n) is 9.55. The molecule has 2 N–H and O–H groups in total. The molecule has 2 aliphatic heterocycles. The highest BCUT2D eigenvalue weighted by atomic mass is 19.1. The van der Waals surface area contributed by atoms with Crippen molar-refractivity contribution in [2.45, 2.75) is 50.7 Å². The minimum Gasteiger partial charge on any atom is -0.439 e. The topological polar surface area (TPSA) is 63.2 Å². The molecule has 5 nitrogen and oxygen atoms in total. The molecule has 3 heterocycles. The molecule has 6 heteroatoms. The summed E-state index contributed by atoms with van der Waals surface area (Å²) in [5.74, 6) is 1.25. The molecule has 1 aromatic carbocycles. The molecule has 3 atom stereocenters. The molecular weight excluding hydrogens is 345 g/mol. The maximum atomic E-state index is 12.9. The van der Waals surface area contributed by atoms with Crippen molar-refractivity contribution in [1.82, 2.24) is 15.6 Å². The molecule has 2 saturated heterocycles. The van der Waals surface area contributed by atoms with Gasteiger partial charge in [-0.25, -0.2) is 9.37 Å². The van der Waals surface area contributed by atoms with Crippen LogP contribution in [0.25, 0.3) is 0 Å². The molecule has 2 aromatic rings. The molecule has 4 rings (SSSR count). The molecule has 1 aromatic heterocycles. The first kappa shape index (κ1) is 17.9. The van der Waals surface area contributed by atoms with E-state index < -0.39 is 0 Å². The lowest BCUT2D eigenvalue weighted by Crippen LogP contribution is -2.39. The summed E-state index contributed by atoms with van der Waals surface area (Å²) in [4.78, 5) is 16.5. The fourth-order valence-electron chi connectivity index (χ4n) is 4.08. The smallest absolute Gasteiger partial charge is 0.220 e. The number of hydrogen-bond acceptors (Lipinski definition) is 4. The minimum absolute atomic E-state index is 0.105. The second kappa shape index (κ2) is 8.05. The number of nitrogens with one attached hydrogen (secondary N) is 2. The van der Waals surface area contributed by atoms with Crippen molar-refractivity contribution in [3.05, 3.63) is 54.0 Å². The highest BCUT2D eigenvalue weighted by Gasteiger charge is 2.34. The zero-order valence-corrected chi connectivity index (χ0v) is 15.2. The Morgan fingerprint density at radius 2 is 1.89 bits per heavy atom. The van der Waals surface area contributed by atoms with E-state index >= 15 is 0 Å². The summed E-state index contributed by atoms with van der Waals surface area (Å²) in [5, 5.41) is 6.60. The number of pyridine rings is 1. The van der Waals surface area contributed by atoms with E-state index in [9.17, 15) is 9.18 Å². The number of fused-ring (bicyclic) bond motifs is 2. The van der Waals surface area contributed by atoms with Gasteiger partial charge in [-0.15, -0.1) is 0 Å². The van der Waals surface area contributed by atoms with E-state index in [1.54, 1.807) is 24.4 Å². The Hall–Kier alpha value is -2.47. The second-order valence-corrected chi connectivity index (χ2v) is 7.52. The summed E-state index contributed by atoms with van der Waals surface area (Å²) in [7, 11) is 0. The maximum absolute atomic E-state index is 12.9. The summed E-state index contributed by atoms with van der Waals surface area (Å²) < 4.78 is 18.5. The molecular formula is C21H24FN3O2. The number of aromatic nitrogens is 1. The van der Waals surface area contributed by atoms with Crippen molar-refractivity contribution in [1.29, 1.82) is 0 Å². The lowest BCUT2D eigenvalue weighted by atomic mass is 9.89. The molecule has 2 aliphatic rings. The van der Waals surface area contributed by atoms with Crippen molar-refractivity contribution in [2.24, 2.45) is 5.92 Å². The SMILES string of the molecule is O=C(CC1C[C@H]2CC[C@@H](C1)N2)NCc1ccc(Oc2ccc(F)cc2)nc1. The van der Waals surface area contributed by atoms with Crippen LogP contribution in [0.1, 0.15) is 37.7 Å². The second-order valence-electron chi connectivity index (χ2n) is 7.52. The number of rotatable bonds is 6. The fraction of sp³-hybridized carbons (Fsp3) is 0.429. The van der Waals surface area contributed by atoms with Gasteiger partial charge in [-0.1, -0.05) is 6.07 Å². The van der Waals surface area contributed by atoms with E-state index in [1.807, 2.05) is 6.07 Å². The van der Waals surface area contributed by atoms with Crippen molar-refractivity contribution < 1.29 is 13.9 Å². The number of amides is 1. The third-order valence-corrected chi connectivity index (χ3v) is 5.37. The zero-order valence-electron chi connectivity index (χ0n) is 15.2. The van der Waals surface area contributed by atoms with Crippen LogP contribution in [-0.2, 0) is 11.3 Å². The molecule has 0 aliphatic carbocycles. The first-order chi connectivity index (χ1) is 13.1. The summed E-state index contributed by atoms with van der Waals surface area (Å²) in [6.07, 6.45) is 7.02. The third kappa shape index (κ3) is 4.83. The van der Waals surface area contributed by atoms with Crippen LogP contribution in [0.3, 0.4) is 0 Å². The Labute approximate surface area is 158 Å². The minimum atomic E-state index is -0.307. The molecule has 2 fully saturated rings. The Bertz CT molecular complexity index is 767. The van der Waals surface area contributed by atoms with E-state index in [1.165, 1.54) is 25.0 Å². The average Bonchev–Trinajstić information content (AvgIpc) is 3.01. The van der Waals surface area contributed by atoms with Gasteiger partial charge in [0, 0.05) is 37.3 Å². The van der Waals surface area contributed by atoms with E-state index in [4.69, 9.17) is 4.74 Å². The van der Waals surface area contributed by atoms with Crippen LogP contribution in [0.5, 0.6) is 11.6 Å². The Kier molecular flexibility index (Phi) is 5.34. The van der Waals surface area contributed by atoms with E-state index in [0.717, 1.165) is 18.4 Å². The zero-order chi connectivity index (χ0) is 18.6. The van der Waals surface area contributed by atoms with Gasteiger partial charge in [-0.05, 0) is 61.4 Å². The number of hydrogen-bond donors (Lipinski definition) is 2. The molecule has 2 bridgehead atoms. The summed E-state index contributed by atoms with van der Waals surface area (Å²) in [5.41, 5.74) is 0.917. The fourth-order valence-corrected chi connectivity index (χ4v) is 4.08. The molecule has 142 valence electrons. The number of carbonyl (C=O) groups is 1. The number of carbonyl (C=O) groups excluding carboxylic acids is 1. The van der Waals surface area contributed by atoms with Crippen LogP contribution in [-0.4, -0.2) is 23.0 Å². The number of ether oxygens (including phenoxy) is 1. The quantitative estimate of drug-likeness (QED) is 0.817. The van der Waals surface area contributed by atoms with Crippen molar-refractivity contribution >= 4 is 5.91 Å². The van der Waals surface area contributed by atoms with Crippen LogP contribution in [0.4, 0.5) is 4.39 Å². The van der Waals surface area contributed by atoms with Gasteiger partial charge in [0.05, 0.1) is 0 Å².